The molecule has 0 spiro atoms. The quantitative estimate of drug-likeness (QED) is 0.428. The third-order valence-corrected chi connectivity index (χ3v) is 2.67. The van der Waals surface area contributed by atoms with E-state index in [4.69, 9.17) is 15.0 Å². The highest BCUT2D eigenvalue weighted by Gasteiger charge is 1.88. The van der Waals surface area contributed by atoms with E-state index in [9.17, 15) is 0 Å². The van der Waals surface area contributed by atoms with Gasteiger partial charge in [0, 0.05) is 13.5 Å². The Bertz CT molecular complexity index is 196. The molecule has 0 radical (unpaired) electrons. The molecule has 0 aliphatic heterocycles. The Labute approximate surface area is 118 Å². The van der Waals surface area contributed by atoms with Crippen molar-refractivity contribution >= 4 is 5.97 Å². The molecule has 0 aromatic carbocycles. The number of unbranched alkanes of at least 4 members (excludes halogenated alkanes) is 8. The zero-order valence-corrected chi connectivity index (χ0v) is 12.7. The average molecular weight is 272 g/mol. The molecule has 0 heterocycles. The normalized spacial score (nSPS) is 10.3. The number of aliphatic hydroxyl groups is 1. The van der Waals surface area contributed by atoms with Gasteiger partial charge in [0.15, 0.2) is 0 Å². The highest BCUT2D eigenvalue weighted by molar-refractivity contribution is 5.62. The van der Waals surface area contributed by atoms with Crippen LogP contribution < -0.4 is 0 Å². The Hall–Kier alpha value is -0.830. The van der Waals surface area contributed by atoms with Gasteiger partial charge in [-0.1, -0.05) is 51.2 Å². The molecule has 0 aliphatic rings. The van der Waals surface area contributed by atoms with Crippen LogP contribution in [0.25, 0.3) is 0 Å². The minimum Gasteiger partial charge on any atom is -0.481 e. The summed E-state index contributed by atoms with van der Waals surface area (Å²) in [5.41, 5.74) is 0. The topological polar surface area (TPSA) is 57.5 Å². The molecule has 0 fully saturated rings. The maximum absolute atomic E-state index is 9.00. The van der Waals surface area contributed by atoms with Crippen molar-refractivity contribution in [3.63, 3.8) is 0 Å². The van der Waals surface area contributed by atoms with Crippen molar-refractivity contribution in [1.82, 2.24) is 0 Å². The van der Waals surface area contributed by atoms with Crippen molar-refractivity contribution in [3.8, 4) is 0 Å². The molecule has 0 aromatic heterocycles. The number of allylic oxidation sites excluding steroid dienone is 2. The van der Waals surface area contributed by atoms with Crippen LogP contribution in [0, 0.1) is 0 Å². The standard InChI is InChI=1S/C14H28O.C2H4O2/c1-2-3-4-5-6-7-8-9-10-11-12-13-14-15;1-2(3)4/h6-7,15H,2-5,8-14H2,1H3;1H3,(H,3,4)/b7-6-;. The third-order valence-electron chi connectivity index (χ3n) is 2.67. The molecule has 0 bridgehead atoms. The van der Waals surface area contributed by atoms with Gasteiger partial charge in [-0.3, -0.25) is 4.79 Å². The monoisotopic (exact) mass is 272 g/mol. The van der Waals surface area contributed by atoms with Crippen LogP contribution >= 0.6 is 0 Å². The number of carbonyl (C=O) groups is 1. The zero-order chi connectivity index (χ0) is 14.8. The Balaban J connectivity index is 0. The summed E-state index contributed by atoms with van der Waals surface area (Å²) in [5.74, 6) is -0.833. The zero-order valence-electron chi connectivity index (χ0n) is 12.7. The summed E-state index contributed by atoms with van der Waals surface area (Å²) >= 11 is 0. The minimum atomic E-state index is -0.833. The highest BCUT2D eigenvalue weighted by atomic mass is 16.4. The van der Waals surface area contributed by atoms with Gasteiger partial charge in [0.1, 0.15) is 0 Å². The molecule has 3 nitrogen and oxygen atoms in total. The predicted molar refractivity (Wildman–Crippen MR) is 81.4 cm³/mol. The minimum absolute atomic E-state index is 0.358. The van der Waals surface area contributed by atoms with Crippen LogP contribution in [0.5, 0.6) is 0 Å². The Morgan fingerprint density at radius 1 is 0.895 bits per heavy atom. The molecule has 0 atom stereocenters. The molecule has 114 valence electrons. The van der Waals surface area contributed by atoms with Gasteiger partial charge in [-0.2, -0.15) is 0 Å². The Kier molecular flexibility index (Phi) is 21.0. The van der Waals surface area contributed by atoms with Gasteiger partial charge < -0.3 is 10.2 Å². The summed E-state index contributed by atoms with van der Waals surface area (Å²) in [5, 5.41) is 16.0. The van der Waals surface area contributed by atoms with E-state index in [2.05, 4.69) is 19.1 Å². The second-order valence-corrected chi connectivity index (χ2v) is 4.77. The molecule has 0 amide bonds. The number of hydrogen-bond donors (Lipinski definition) is 2. The molecule has 3 heteroatoms. The first-order chi connectivity index (χ1) is 9.15. The van der Waals surface area contributed by atoms with Crippen LogP contribution in [0.3, 0.4) is 0 Å². The molecular formula is C16H32O3. The molecule has 0 saturated carbocycles. The lowest BCUT2D eigenvalue weighted by Crippen LogP contribution is -1.83. The summed E-state index contributed by atoms with van der Waals surface area (Å²) in [6.45, 7) is 3.69. The predicted octanol–water partition coefficient (Wildman–Crippen LogP) is 4.55. The van der Waals surface area contributed by atoms with Gasteiger partial charge in [0.25, 0.3) is 5.97 Å². The lowest BCUT2D eigenvalue weighted by atomic mass is 10.1. The summed E-state index contributed by atoms with van der Waals surface area (Å²) in [6, 6.07) is 0. The SMILES string of the molecule is CC(=O)O.CCCCC/C=C\CCCCCCCO. The van der Waals surface area contributed by atoms with Crippen molar-refractivity contribution < 1.29 is 15.0 Å². The molecule has 0 saturated heterocycles. The fourth-order valence-corrected chi connectivity index (χ4v) is 1.65. The largest absolute Gasteiger partial charge is 0.481 e. The number of aliphatic carboxylic acids is 1. The summed E-state index contributed by atoms with van der Waals surface area (Å²) < 4.78 is 0. The number of aliphatic hydroxyl groups excluding tert-OH is 1. The molecule has 0 rings (SSSR count). The summed E-state index contributed by atoms with van der Waals surface area (Å²) in [7, 11) is 0. The fraction of sp³-hybridized carbons (Fsp3) is 0.812. The van der Waals surface area contributed by atoms with Crippen LogP contribution in [0.4, 0.5) is 0 Å². The molecule has 0 unspecified atom stereocenters. The van der Waals surface area contributed by atoms with E-state index >= 15 is 0 Å². The van der Waals surface area contributed by atoms with Gasteiger partial charge in [0.05, 0.1) is 0 Å². The van der Waals surface area contributed by atoms with E-state index in [1.165, 1.54) is 57.8 Å². The third kappa shape index (κ3) is 31.7. The van der Waals surface area contributed by atoms with Crippen LogP contribution in [0.1, 0.15) is 78.1 Å². The second-order valence-electron chi connectivity index (χ2n) is 4.77. The summed E-state index contributed by atoms with van der Waals surface area (Å²) in [6.07, 6.45) is 17.3. The fourth-order valence-electron chi connectivity index (χ4n) is 1.65. The molecule has 19 heavy (non-hydrogen) atoms. The first-order valence-electron chi connectivity index (χ1n) is 7.60. The van der Waals surface area contributed by atoms with Crippen molar-refractivity contribution in [2.75, 3.05) is 6.61 Å². The van der Waals surface area contributed by atoms with Gasteiger partial charge in [-0.05, 0) is 32.1 Å². The number of hydrogen-bond acceptors (Lipinski definition) is 2. The molecule has 0 aliphatic carbocycles. The van der Waals surface area contributed by atoms with Gasteiger partial charge in [-0.15, -0.1) is 0 Å². The van der Waals surface area contributed by atoms with Crippen LogP contribution in [0.15, 0.2) is 12.2 Å². The van der Waals surface area contributed by atoms with Gasteiger partial charge in [-0.25, -0.2) is 0 Å². The van der Waals surface area contributed by atoms with Crippen molar-refractivity contribution in [3.05, 3.63) is 12.2 Å². The average Bonchev–Trinajstić information content (AvgIpc) is 2.35. The first kappa shape index (κ1) is 20.5. The smallest absolute Gasteiger partial charge is 0.300 e. The van der Waals surface area contributed by atoms with Crippen LogP contribution in [0.2, 0.25) is 0 Å². The Morgan fingerprint density at radius 3 is 1.79 bits per heavy atom. The maximum Gasteiger partial charge on any atom is 0.300 e. The van der Waals surface area contributed by atoms with E-state index in [1.54, 1.807) is 0 Å². The molecule has 2 N–H and O–H groups in total. The van der Waals surface area contributed by atoms with Gasteiger partial charge >= 0.3 is 0 Å². The van der Waals surface area contributed by atoms with E-state index in [0.29, 0.717) is 6.61 Å². The second kappa shape index (κ2) is 19.5. The summed E-state index contributed by atoms with van der Waals surface area (Å²) in [4.78, 5) is 9.00. The van der Waals surface area contributed by atoms with E-state index in [1.807, 2.05) is 0 Å². The maximum atomic E-state index is 9.00. The molecular weight excluding hydrogens is 240 g/mol. The number of carboxylic acids is 1. The lowest BCUT2D eigenvalue weighted by Gasteiger charge is -1.97. The first-order valence-corrected chi connectivity index (χ1v) is 7.60. The van der Waals surface area contributed by atoms with Crippen molar-refractivity contribution in [1.29, 1.82) is 0 Å². The van der Waals surface area contributed by atoms with Crippen molar-refractivity contribution in [2.45, 2.75) is 78.1 Å². The van der Waals surface area contributed by atoms with E-state index in [-0.39, 0.29) is 0 Å². The van der Waals surface area contributed by atoms with E-state index < -0.39 is 5.97 Å². The number of carboxylic acid groups (broad SMARTS) is 1. The molecule has 0 aromatic rings. The van der Waals surface area contributed by atoms with Crippen molar-refractivity contribution in [2.24, 2.45) is 0 Å². The Morgan fingerprint density at radius 2 is 1.32 bits per heavy atom. The van der Waals surface area contributed by atoms with Crippen LogP contribution in [-0.4, -0.2) is 22.8 Å². The highest BCUT2D eigenvalue weighted by Crippen LogP contribution is 2.06. The number of rotatable bonds is 11. The van der Waals surface area contributed by atoms with E-state index in [0.717, 1.165) is 13.3 Å². The lowest BCUT2D eigenvalue weighted by molar-refractivity contribution is -0.134. The van der Waals surface area contributed by atoms with Gasteiger partial charge in [0.2, 0.25) is 0 Å². The van der Waals surface area contributed by atoms with Crippen LogP contribution in [-0.2, 0) is 4.79 Å².